The molecule has 0 spiro atoms. The topological polar surface area (TPSA) is 54.3 Å². The normalized spacial score (nSPS) is 18.4. The highest BCUT2D eigenvalue weighted by atomic mass is 79.9. The third-order valence-electron chi connectivity index (χ3n) is 3.22. The number of rotatable bonds is 4. The molecule has 0 radical (unpaired) electrons. The average molecular weight is 309 g/mol. The molecule has 1 unspecified atom stereocenters. The Morgan fingerprint density at radius 2 is 2.28 bits per heavy atom. The molecule has 18 heavy (non-hydrogen) atoms. The van der Waals surface area contributed by atoms with E-state index in [2.05, 4.69) is 27.3 Å². The van der Waals surface area contributed by atoms with E-state index in [1.807, 2.05) is 12.1 Å². The zero-order valence-corrected chi connectivity index (χ0v) is 11.4. The molecule has 0 amide bonds. The first kappa shape index (κ1) is 11.8. The molecule has 1 aromatic rings. The van der Waals surface area contributed by atoms with Crippen molar-refractivity contribution in [3.05, 3.63) is 22.2 Å². The second-order valence-electron chi connectivity index (χ2n) is 4.65. The molecule has 0 bridgehead atoms. The maximum Gasteiger partial charge on any atom is 0.231 e. The van der Waals surface area contributed by atoms with Crippen molar-refractivity contribution >= 4 is 15.9 Å². The molecule has 1 saturated carbocycles. The maximum atomic E-state index is 9.25. The van der Waals surface area contributed by atoms with E-state index < -0.39 is 0 Å². The number of nitrogens with zero attached hydrogens (tertiary/aromatic N) is 1. The van der Waals surface area contributed by atoms with Crippen LogP contribution in [0, 0.1) is 17.2 Å². The van der Waals surface area contributed by atoms with Crippen molar-refractivity contribution in [1.82, 2.24) is 5.32 Å². The molecule has 2 aliphatic rings. The lowest BCUT2D eigenvalue weighted by molar-refractivity contribution is 0.173. The highest BCUT2D eigenvalue weighted by molar-refractivity contribution is 9.10. The summed E-state index contributed by atoms with van der Waals surface area (Å²) >= 11 is 3.45. The number of hydrogen-bond donors (Lipinski definition) is 1. The van der Waals surface area contributed by atoms with Gasteiger partial charge in [0.15, 0.2) is 11.5 Å². The molecule has 5 heteroatoms. The van der Waals surface area contributed by atoms with Gasteiger partial charge in [-0.25, -0.2) is 0 Å². The van der Waals surface area contributed by atoms with Gasteiger partial charge >= 0.3 is 0 Å². The van der Waals surface area contributed by atoms with Crippen molar-refractivity contribution in [3.8, 4) is 17.6 Å². The molecule has 1 fully saturated rings. The largest absolute Gasteiger partial charge is 0.454 e. The SMILES string of the molecule is N#CC(NCC1CC1)c1cc(Br)c2c(c1)OCO2. The molecule has 1 atom stereocenters. The predicted molar refractivity (Wildman–Crippen MR) is 69.3 cm³/mol. The van der Waals surface area contributed by atoms with E-state index in [0.29, 0.717) is 5.75 Å². The third-order valence-corrected chi connectivity index (χ3v) is 3.81. The zero-order chi connectivity index (χ0) is 12.5. The Bertz CT molecular complexity index is 508. The molecular weight excluding hydrogens is 296 g/mol. The minimum Gasteiger partial charge on any atom is -0.454 e. The second-order valence-corrected chi connectivity index (χ2v) is 5.50. The minimum atomic E-state index is -0.295. The Morgan fingerprint density at radius 1 is 1.44 bits per heavy atom. The number of ether oxygens (including phenoxy) is 2. The van der Waals surface area contributed by atoms with Crippen LogP contribution in [0.2, 0.25) is 0 Å². The Morgan fingerprint density at radius 3 is 3.00 bits per heavy atom. The van der Waals surface area contributed by atoms with E-state index in [1.54, 1.807) is 0 Å². The van der Waals surface area contributed by atoms with Crippen LogP contribution in [-0.2, 0) is 0 Å². The average Bonchev–Trinajstić information content (AvgIpc) is 3.06. The lowest BCUT2D eigenvalue weighted by Gasteiger charge is -2.12. The van der Waals surface area contributed by atoms with Gasteiger partial charge in [-0.2, -0.15) is 5.26 Å². The Kier molecular flexibility index (Phi) is 3.14. The van der Waals surface area contributed by atoms with Crippen molar-refractivity contribution < 1.29 is 9.47 Å². The number of halogens is 1. The number of benzene rings is 1. The molecule has 94 valence electrons. The molecule has 1 heterocycles. The molecule has 0 saturated heterocycles. The van der Waals surface area contributed by atoms with E-state index in [9.17, 15) is 5.26 Å². The molecular formula is C13H13BrN2O2. The van der Waals surface area contributed by atoms with Crippen LogP contribution in [0.15, 0.2) is 16.6 Å². The monoisotopic (exact) mass is 308 g/mol. The van der Waals surface area contributed by atoms with Gasteiger partial charge in [-0.15, -0.1) is 0 Å². The van der Waals surface area contributed by atoms with E-state index in [1.165, 1.54) is 12.8 Å². The highest BCUT2D eigenvalue weighted by Gasteiger charge is 2.24. The first-order chi connectivity index (χ1) is 8.78. The lowest BCUT2D eigenvalue weighted by atomic mass is 10.1. The first-order valence-electron chi connectivity index (χ1n) is 6.00. The fourth-order valence-corrected chi connectivity index (χ4v) is 2.57. The summed E-state index contributed by atoms with van der Waals surface area (Å²) in [6.07, 6.45) is 2.55. The van der Waals surface area contributed by atoms with Crippen LogP contribution in [-0.4, -0.2) is 13.3 Å². The fraction of sp³-hybridized carbons (Fsp3) is 0.462. The van der Waals surface area contributed by atoms with Gasteiger partial charge in [-0.1, -0.05) is 0 Å². The summed E-state index contributed by atoms with van der Waals surface area (Å²) in [5.74, 6) is 2.17. The number of fused-ring (bicyclic) bond motifs is 1. The van der Waals surface area contributed by atoms with Crippen LogP contribution < -0.4 is 14.8 Å². The Balaban J connectivity index is 1.81. The van der Waals surface area contributed by atoms with E-state index >= 15 is 0 Å². The summed E-state index contributed by atoms with van der Waals surface area (Å²) in [7, 11) is 0. The van der Waals surface area contributed by atoms with E-state index in [0.717, 1.165) is 28.2 Å². The van der Waals surface area contributed by atoms with Crippen LogP contribution in [0.3, 0.4) is 0 Å². The lowest BCUT2D eigenvalue weighted by Crippen LogP contribution is -2.22. The van der Waals surface area contributed by atoms with Gasteiger partial charge in [-0.3, -0.25) is 5.32 Å². The Hall–Kier alpha value is -1.25. The zero-order valence-electron chi connectivity index (χ0n) is 9.78. The second kappa shape index (κ2) is 4.79. The molecule has 4 nitrogen and oxygen atoms in total. The predicted octanol–water partition coefficient (Wildman–Crippen LogP) is 2.74. The summed E-state index contributed by atoms with van der Waals surface area (Å²) in [4.78, 5) is 0. The number of hydrogen-bond acceptors (Lipinski definition) is 4. The maximum absolute atomic E-state index is 9.25. The third kappa shape index (κ3) is 2.31. The van der Waals surface area contributed by atoms with Crippen molar-refractivity contribution in [2.24, 2.45) is 5.92 Å². The van der Waals surface area contributed by atoms with Crippen molar-refractivity contribution in [2.45, 2.75) is 18.9 Å². The van der Waals surface area contributed by atoms with Gasteiger partial charge in [0, 0.05) is 0 Å². The van der Waals surface area contributed by atoms with Crippen LogP contribution in [0.1, 0.15) is 24.4 Å². The summed E-state index contributed by atoms with van der Waals surface area (Å²) in [6.45, 7) is 1.15. The molecule has 3 rings (SSSR count). The quantitative estimate of drug-likeness (QED) is 0.929. The number of nitrogens with one attached hydrogen (secondary N) is 1. The molecule has 1 aromatic carbocycles. The van der Waals surface area contributed by atoms with Crippen LogP contribution >= 0.6 is 15.9 Å². The highest BCUT2D eigenvalue weighted by Crippen LogP contribution is 2.41. The van der Waals surface area contributed by atoms with Gasteiger partial charge in [-0.05, 0) is 58.9 Å². The summed E-state index contributed by atoms with van der Waals surface area (Å²) in [6, 6.07) is 5.79. The van der Waals surface area contributed by atoms with Crippen molar-refractivity contribution in [2.75, 3.05) is 13.3 Å². The summed E-state index contributed by atoms with van der Waals surface area (Å²) < 4.78 is 11.5. The smallest absolute Gasteiger partial charge is 0.231 e. The van der Waals surface area contributed by atoms with Crippen molar-refractivity contribution in [1.29, 1.82) is 5.26 Å². The van der Waals surface area contributed by atoms with Gasteiger partial charge in [0.2, 0.25) is 6.79 Å². The summed E-state index contributed by atoms with van der Waals surface area (Å²) in [5, 5.41) is 12.5. The standard InChI is InChI=1S/C13H13BrN2O2/c14-10-3-9(4-12-13(10)18-7-17-12)11(5-15)16-6-8-1-2-8/h3-4,8,11,16H,1-2,6-7H2. The number of nitriles is 1. The van der Waals surface area contributed by atoms with E-state index in [4.69, 9.17) is 9.47 Å². The fourth-order valence-electron chi connectivity index (χ4n) is 2.00. The van der Waals surface area contributed by atoms with Crippen LogP contribution in [0.4, 0.5) is 0 Å². The van der Waals surface area contributed by atoms with Gasteiger partial charge in [0.05, 0.1) is 10.5 Å². The van der Waals surface area contributed by atoms with Crippen LogP contribution in [0.25, 0.3) is 0 Å². The first-order valence-corrected chi connectivity index (χ1v) is 6.79. The molecule has 1 aliphatic heterocycles. The van der Waals surface area contributed by atoms with Gasteiger partial charge in [0.25, 0.3) is 0 Å². The Labute approximate surface area is 114 Å². The van der Waals surface area contributed by atoms with Gasteiger partial charge < -0.3 is 9.47 Å². The van der Waals surface area contributed by atoms with Crippen molar-refractivity contribution in [3.63, 3.8) is 0 Å². The molecule has 0 aromatic heterocycles. The molecule has 1 aliphatic carbocycles. The molecule has 1 N–H and O–H groups in total. The van der Waals surface area contributed by atoms with Gasteiger partial charge in [0.1, 0.15) is 6.04 Å². The summed E-state index contributed by atoms with van der Waals surface area (Å²) in [5.41, 5.74) is 0.911. The van der Waals surface area contributed by atoms with E-state index in [-0.39, 0.29) is 12.8 Å². The van der Waals surface area contributed by atoms with Crippen LogP contribution in [0.5, 0.6) is 11.5 Å². The minimum absolute atomic E-state index is 0.240.